The number of pyridine rings is 2. The minimum atomic E-state index is -0.538. The fraction of sp³-hybridized carbons (Fsp3) is 0.117. The van der Waals surface area contributed by atoms with Gasteiger partial charge in [0.25, 0.3) is 5.91 Å². The number of allylic oxidation sites excluding steroid dienone is 4. The van der Waals surface area contributed by atoms with Gasteiger partial charge in [0.15, 0.2) is 11.6 Å². The van der Waals surface area contributed by atoms with Gasteiger partial charge >= 0.3 is 0 Å². The zero-order valence-corrected chi connectivity index (χ0v) is 43.9. The number of hydrogen-bond donors (Lipinski definition) is 6. The molecule has 0 unspecified atom stereocenters. The van der Waals surface area contributed by atoms with Gasteiger partial charge in [0, 0.05) is 105 Å². The van der Waals surface area contributed by atoms with E-state index in [0.29, 0.717) is 96.4 Å². The number of anilines is 4. The molecule has 0 radical (unpaired) electrons. The number of carbonyl (C=O) groups excluding carboxylic acids is 1. The number of hydrogen-bond acceptors (Lipinski definition) is 13. The highest BCUT2D eigenvalue weighted by molar-refractivity contribution is 7.11. The predicted octanol–water partition coefficient (Wildman–Crippen LogP) is 12.7. The number of aromatic amines is 2. The van der Waals surface area contributed by atoms with Crippen LogP contribution in [0.2, 0.25) is 0 Å². The van der Waals surface area contributed by atoms with Crippen LogP contribution in [-0.4, -0.2) is 76.0 Å². The van der Waals surface area contributed by atoms with Crippen molar-refractivity contribution in [3.8, 4) is 44.9 Å². The third-order valence-electron chi connectivity index (χ3n) is 14.5. The first-order chi connectivity index (χ1) is 38.8. The number of fused-ring (bicyclic) bond motifs is 4. The summed E-state index contributed by atoms with van der Waals surface area (Å²) in [4.78, 5) is 48.6. The van der Waals surface area contributed by atoms with Crippen molar-refractivity contribution >= 4 is 79.4 Å². The number of amides is 1. The maximum absolute atomic E-state index is 18.0. The highest BCUT2D eigenvalue weighted by Gasteiger charge is 2.31. The lowest BCUT2D eigenvalue weighted by Crippen LogP contribution is -2.20. The standard InChI is InChI=1S/C60H46F2N14OS2/c1-75-55-43(25-42(36-23-38(29-64-28-36)69-60(77)34-10-3-2-4-11-34)50(62)48(55)54(74-75)59-71-51-40(45-14-9-21-78-45)12-7-17-65-56(51)73-59)37-24-46(79-31-37)41-13-8-18-66-57-52(41)70-58(72-57)53-47-44(67-32-68-53)16-15-39(49(47)61)35-22-33(26-63-27-35)30-76-19-5-6-20-76/h2-4,7-18,21-29,31,65-67H,5-6,19-20,30,32H2,1H3,(H,69,77)(H,70,72)(H,71,73). The van der Waals surface area contributed by atoms with Gasteiger partial charge in [0.2, 0.25) is 0 Å². The zero-order valence-electron chi connectivity index (χ0n) is 42.2. The Labute approximate surface area is 459 Å². The molecule has 4 aliphatic rings. The van der Waals surface area contributed by atoms with E-state index in [4.69, 9.17) is 20.1 Å². The van der Waals surface area contributed by atoms with E-state index in [0.717, 1.165) is 51.7 Å². The summed E-state index contributed by atoms with van der Waals surface area (Å²) in [6.45, 7) is 3.10. The van der Waals surface area contributed by atoms with Crippen LogP contribution >= 0.6 is 22.7 Å². The molecular weight excluding hydrogens is 1030 g/mol. The molecule has 0 saturated carbocycles. The second-order valence-electron chi connectivity index (χ2n) is 19.5. The molecule has 10 aromatic rings. The quantitative estimate of drug-likeness (QED) is 0.0729. The van der Waals surface area contributed by atoms with Crippen molar-refractivity contribution in [3.05, 3.63) is 206 Å². The fourth-order valence-electron chi connectivity index (χ4n) is 10.8. The van der Waals surface area contributed by atoms with Gasteiger partial charge in [-0.05, 0) is 127 Å². The lowest BCUT2D eigenvalue weighted by atomic mass is 9.95. The van der Waals surface area contributed by atoms with E-state index in [2.05, 4.69) is 52.2 Å². The summed E-state index contributed by atoms with van der Waals surface area (Å²) in [6, 6.07) is 24.2. The third-order valence-corrected chi connectivity index (χ3v) is 16.4. The molecule has 14 rings (SSSR count). The van der Waals surface area contributed by atoms with E-state index in [-0.39, 0.29) is 23.5 Å². The number of rotatable bonds is 11. The topological polar surface area (TPSA) is 182 Å². The van der Waals surface area contributed by atoms with E-state index < -0.39 is 11.6 Å². The molecule has 15 nitrogen and oxygen atoms in total. The number of benzene rings is 3. The van der Waals surface area contributed by atoms with Gasteiger partial charge in [-0.15, -0.1) is 22.7 Å². The Kier molecular flexibility index (Phi) is 12.1. The highest BCUT2D eigenvalue weighted by Crippen LogP contribution is 2.45. The van der Waals surface area contributed by atoms with Crippen molar-refractivity contribution in [1.82, 2.24) is 44.6 Å². The number of aromatic nitrogens is 8. The normalized spacial score (nSPS) is 14.7. The van der Waals surface area contributed by atoms with Crippen molar-refractivity contribution in [3.63, 3.8) is 0 Å². The van der Waals surface area contributed by atoms with Crippen molar-refractivity contribution in [2.24, 2.45) is 12.0 Å². The monoisotopic (exact) mass is 1080 g/mol. The molecule has 0 spiro atoms. The molecule has 1 amide bonds. The fourth-order valence-corrected chi connectivity index (χ4v) is 12.5. The Hall–Kier alpha value is -9.43. The van der Waals surface area contributed by atoms with Gasteiger partial charge in [-0.1, -0.05) is 24.3 Å². The first kappa shape index (κ1) is 48.0. The minimum Gasteiger partial charge on any atom is -0.366 e. The molecule has 79 heavy (non-hydrogen) atoms. The Morgan fingerprint density at radius 3 is 2.25 bits per heavy atom. The number of carbonyl (C=O) groups is 1. The molecule has 7 aromatic heterocycles. The van der Waals surface area contributed by atoms with Crippen LogP contribution in [-0.2, 0) is 13.6 Å². The molecule has 0 aliphatic carbocycles. The van der Waals surface area contributed by atoms with Gasteiger partial charge < -0.3 is 31.2 Å². The number of imidazole rings is 2. The molecule has 4 aliphatic heterocycles. The molecule has 1 saturated heterocycles. The van der Waals surface area contributed by atoms with E-state index >= 15 is 8.78 Å². The second-order valence-corrected chi connectivity index (χ2v) is 21.3. The Morgan fingerprint density at radius 2 is 1.47 bits per heavy atom. The summed E-state index contributed by atoms with van der Waals surface area (Å²) >= 11 is 3.11. The van der Waals surface area contributed by atoms with Crippen molar-refractivity contribution < 1.29 is 13.6 Å². The summed E-state index contributed by atoms with van der Waals surface area (Å²) in [5, 5.41) is 22.1. The number of nitrogens with one attached hydrogen (secondary N) is 6. The molecule has 388 valence electrons. The minimum absolute atomic E-state index is 0.236. The van der Waals surface area contributed by atoms with Crippen molar-refractivity contribution in [2.75, 3.05) is 41.0 Å². The molecule has 11 heterocycles. The van der Waals surface area contributed by atoms with Gasteiger partial charge in [-0.3, -0.25) is 29.3 Å². The van der Waals surface area contributed by atoms with Gasteiger partial charge in [-0.2, -0.15) is 5.10 Å². The summed E-state index contributed by atoms with van der Waals surface area (Å²) < 4.78 is 36.8. The van der Waals surface area contributed by atoms with Crippen LogP contribution in [0.4, 0.5) is 31.8 Å². The lowest BCUT2D eigenvalue weighted by Gasteiger charge is -2.20. The SMILES string of the molecule is Cn1nc(-c2nc3c([nH]2)NC=CC=C3c2cccs2)c2c(F)c(-c3cncc(NC(=O)c4ccccc4)c3)cc(-c3csc(C4=CC=CNc5[nH]c(C6=NCNc7ccc(-c8cncc(CN9CCCC9)c8)c(F)c76)nc54)c3)c21. The van der Waals surface area contributed by atoms with Crippen LogP contribution < -0.4 is 21.3 Å². The molecule has 1 fully saturated rings. The van der Waals surface area contributed by atoms with Gasteiger partial charge in [0.05, 0.1) is 28.4 Å². The third kappa shape index (κ3) is 8.73. The van der Waals surface area contributed by atoms with E-state index in [1.807, 2.05) is 90.1 Å². The Bertz CT molecular complexity index is 4230. The number of thiophene rings is 2. The Balaban J connectivity index is 0.853. The largest absolute Gasteiger partial charge is 0.366 e. The summed E-state index contributed by atoms with van der Waals surface area (Å²) in [5.74, 6) is 0.748. The maximum atomic E-state index is 18.0. The van der Waals surface area contributed by atoms with Crippen LogP contribution in [0.25, 0.3) is 66.9 Å². The number of H-pyrrole nitrogens is 2. The number of nitrogens with zero attached hydrogens (tertiary/aromatic N) is 8. The molecule has 3 aromatic carbocycles. The number of likely N-dealkylation sites (tertiary alicyclic amines) is 1. The van der Waals surface area contributed by atoms with Gasteiger partial charge in [-0.25, -0.2) is 18.7 Å². The number of halogens is 2. The maximum Gasteiger partial charge on any atom is 0.255 e. The van der Waals surface area contributed by atoms with Crippen LogP contribution in [0.15, 0.2) is 156 Å². The summed E-state index contributed by atoms with van der Waals surface area (Å²) in [7, 11) is 1.80. The van der Waals surface area contributed by atoms with Crippen LogP contribution in [0, 0.1) is 11.6 Å². The number of aliphatic imine (C=N–C) groups is 1. The predicted molar refractivity (Wildman–Crippen MR) is 310 cm³/mol. The smallest absolute Gasteiger partial charge is 0.255 e. The molecule has 19 heteroatoms. The van der Waals surface area contributed by atoms with Crippen LogP contribution in [0.5, 0.6) is 0 Å². The van der Waals surface area contributed by atoms with Gasteiger partial charge in [0.1, 0.15) is 52.7 Å². The molecule has 0 atom stereocenters. The summed E-state index contributed by atoms with van der Waals surface area (Å²) in [5.41, 5.74) is 10.3. The van der Waals surface area contributed by atoms with Crippen molar-refractivity contribution in [2.45, 2.75) is 19.4 Å². The first-order valence-corrected chi connectivity index (χ1v) is 27.5. The zero-order chi connectivity index (χ0) is 53.1. The average Bonchev–Trinajstić information content (AvgIpc) is 4.48. The van der Waals surface area contributed by atoms with Crippen LogP contribution in [0.1, 0.15) is 61.3 Å². The Morgan fingerprint density at radius 1 is 0.722 bits per heavy atom. The molecular formula is C60H46F2N14OS2. The van der Waals surface area contributed by atoms with E-state index in [1.54, 1.807) is 71.9 Å². The highest BCUT2D eigenvalue weighted by atomic mass is 32.1. The first-order valence-electron chi connectivity index (χ1n) is 25.7. The molecule has 0 bridgehead atoms. The van der Waals surface area contributed by atoms with E-state index in [1.165, 1.54) is 30.4 Å². The second kappa shape index (κ2) is 19.9. The lowest BCUT2D eigenvalue weighted by molar-refractivity contribution is 0.102. The average molecular weight is 1080 g/mol. The van der Waals surface area contributed by atoms with E-state index in [9.17, 15) is 4.79 Å². The van der Waals surface area contributed by atoms with Crippen LogP contribution in [0.3, 0.4) is 0 Å². The van der Waals surface area contributed by atoms with Crippen molar-refractivity contribution in [1.29, 1.82) is 0 Å². The summed E-state index contributed by atoms with van der Waals surface area (Å²) in [6.07, 6.45) is 20.5. The number of aryl methyl sites for hydroxylation is 1. The molecule has 6 N–H and O–H groups in total.